The van der Waals surface area contributed by atoms with Crippen molar-refractivity contribution in [3.05, 3.63) is 94.0 Å². The van der Waals surface area contributed by atoms with Gasteiger partial charge in [0.25, 0.3) is 5.91 Å². The van der Waals surface area contributed by atoms with Crippen LogP contribution in [0, 0.1) is 5.41 Å². The first kappa shape index (κ1) is 30.1. The van der Waals surface area contributed by atoms with Crippen LogP contribution in [0.3, 0.4) is 0 Å². The highest BCUT2D eigenvalue weighted by atomic mass is 35.5. The van der Waals surface area contributed by atoms with Crippen molar-refractivity contribution in [3.63, 3.8) is 0 Å². The lowest BCUT2D eigenvalue weighted by atomic mass is 10.0. The number of carboxylic acid groups (broad SMARTS) is 1. The maximum Gasteiger partial charge on any atom is 0.303 e. The number of amidine groups is 1. The van der Waals surface area contributed by atoms with Crippen LogP contribution in [-0.2, 0) is 29.1 Å². The van der Waals surface area contributed by atoms with Gasteiger partial charge in [0.2, 0.25) is 5.91 Å². The zero-order valence-corrected chi connectivity index (χ0v) is 24.8. The van der Waals surface area contributed by atoms with Gasteiger partial charge in [-0.1, -0.05) is 35.9 Å². The van der Waals surface area contributed by atoms with Gasteiger partial charge in [0.15, 0.2) is 0 Å². The second-order valence-electron chi connectivity index (χ2n) is 11.0. The smallest absolute Gasteiger partial charge is 0.303 e. The van der Waals surface area contributed by atoms with E-state index in [9.17, 15) is 19.5 Å². The van der Waals surface area contributed by atoms with Crippen LogP contribution >= 0.6 is 11.6 Å². The first-order chi connectivity index (χ1) is 20.7. The minimum Gasteiger partial charge on any atom is -0.490 e. The summed E-state index contributed by atoms with van der Waals surface area (Å²) in [6.07, 6.45) is 2.12. The van der Waals surface area contributed by atoms with Gasteiger partial charge < -0.3 is 24.5 Å². The summed E-state index contributed by atoms with van der Waals surface area (Å²) in [5.41, 5.74) is 3.63. The molecule has 2 aliphatic rings. The quantitative estimate of drug-likeness (QED) is 0.264. The van der Waals surface area contributed by atoms with Crippen molar-refractivity contribution < 1.29 is 24.2 Å². The summed E-state index contributed by atoms with van der Waals surface area (Å²) in [6, 6.07) is 19.9. The molecule has 0 saturated carbocycles. The molecular formula is C33H35ClN4O5. The number of nitrogens with zero attached hydrogens (tertiary/aromatic N) is 3. The minimum atomic E-state index is -0.889. The molecule has 2 aliphatic heterocycles. The number of carbonyl (C=O) groups is 3. The van der Waals surface area contributed by atoms with E-state index in [1.54, 1.807) is 36.1 Å². The van der Waals surface area contributed by atoms with E-state index in [1.165, 1.54) is 4.90 Å². The first-order valence-electron chi connectivity index (χ1n) is 14.4. The monoisotopic (exact) mass is 602 g/mol. The van der Waals surface area contributed by atoms with Gasteiger partial charge >= 0.3 is 5.97 Å². The third-order valence-corrected chi connectivity index (χ3v) is 8.17. The number of anilines is 1. The van der Waals surface area contributed by atoms with Crippen molar-refractivity contribution in [1.82, 2.24) is 9.80 Å². The molecule has 2 N–H and O–H groups in total. The molecule has 5 rings (SSSR count). The molecule has 10 heteroatoms. The Morgan fingerprint density at radius 3 is 2.28 bits per heavy atom. The van der Waals surface area contributed by atoms with Crippen molar-refractivity contribution in [2.45, 2.75) is 51.8 Å². The number of halogens is 1. The Kier molecular flexibility index (Phi) is 9.31. The number of hydrogen-bond acceptors (Lipinski definition) is 5. The molecule has 3 aromatic rings. The lowest BCUT2D eigenvalue weighted by Crippen LogP contribution is -2.40. The minimum absolute atomic E-state index is 0.0185. The number of amides is 2. The average Bonchev–Trinajstić information content (AvgIpc) is 3.13. The van der Waals surface area contributed by atoms with Crippen molar-refractivity contribution in [2.24, 2.45) is 0 Å². The van der Waals surface area contributed by atoms with Crippen LogP contribution in [0.2, 0.25) is 5.02 Å². The summed E-state index contributed by atoms with van der Waals surface area (Å²) in [5, 5.41) is 17.5. The number of likely N-dealkylation sites (tertiary alicyclic amines) is 1. The van der Waals surface area contributed by atoms with Crippen molar-refractivity contribution >= 4 is 40.9 Å². The Balaban J connectivity index is 1.35. The summed E-state index contributed by atoms with van der Waals surface area (Å²) in [5.74, 6) is -0.0489. The van der Waals surface area contributed by atoms with E-state index < -0.39 is 5.97 Å². The lowest BCUT2D eigenvalue weighted by Gasteiger charge is -2.32. The Labute approximate surface area is 256 Å². The number of rotatable bonds is 8. The van der Waals surface area contributed by atoms with Crippen molar-refractivity contribution in [1.29, 1.82) is 5.41 Å². The number of ether oxygens (including phenoxy) is 1. The van der Waals surface area contributed by atoms with Gasteiger partial charge in [0, 0.05) is 55.2 Å². The second-order valence-corrected chi connectivity index (χ2v) is 11.5. The van der Waals surface area contributed by atoms with E-state index in [0.29, 0.717) is 28.5 Å². The number of piperidine rings is 1. The van der Waals surface area contributed by atoms with E-state index in [2.05, 4.69) is 4.90 Å². The number of nitrogens with one attached hydrogen (secondary N) is 1. The van der Waals surface area contributed by atoms with Crippen LogP contribution in [-0.4, -0.2) is 64.3 Å². The molecule has 0 bridgehead atoms. The summed E-state index contributed by atoms with van der Waals surface area (Å²) >= 11 is 6.01. The Hall–Kier alpha value is -4.37. The molecular weight excluding hydrogens is 568 g/mol. The highest BCUT2D eigenvalue weighted by Crippen LogP contribution is 2.31. The zero-order valence-electron chi connectivity index (χ0n) is 24.1. The molecule has 2 amide bonds. The number of aliphatic carboxylic acids is 1. The molecule has 1 saturated heterocycles. The van der Waals surface area contributed by atoms with Crippen LogP contribution in [0.5, 0.6) is 5.75 Å². The van der Waals surface area contributed by atoms with E-state index in [-0.39, 0.29) is 44.0 Å². The molecule has 0 unspecified atom stereocenters. The van der Waals surface area contributed by atoms with Gasteiger partial charge in [-0.3, -0.25) is 19.8 Å². The fourth-order valence-electron chi connectivity index (χ4n) is 5.50. The maximum absolute atomic E-state index is 13.7. The third kappa shape index (κ3) is 7.53. The second kappa shape index (κ2) is 13.3. The van der Waals surface area contributed by atoms with Gasteiger partial charge in [0.05, 0.1) is 12.4 Å². The maximum atomic E-state index is 13.7. The molecule has 0 spiro atoms. The Morgan fingerprint density at radius 2 is 1.63 bits per heavy atom. The van der Waals surface area contributed by atoms with E-state index >= 15 is 0 Å². The lowest BCUT2D eigenvalue weighted by molar-refractivity contribution is -0.137. The normalized spacial score (nSPS) is 15.6. The fourth-order valence-corrected chi connectivity index (χ4v) is 5.62. The highest BCUT2D eigenvalue weighted by molar-refractivity contribution is 6.30. The molecule has 1 fully saturated rings. The first-order valence-corrected chi connectivity index (χ1v) is 14.8. The van der Waals surface area contributed by atoms with Crippen LogP contribution in [0.15, 0.2) is 66.7 Å². The average molecular weight is 603 g/mol. The predicted molar refractivity (Wildman–Crippen MR) is 165 cm³/mol. The fraction of sp³-hybridized carbons (Fsp3) is 0.333. The summed E-state index contributed by atoms with van der Waals surface area (Å²) in [7, 11) is 0. The summed E-state index contributed by atoms with van der Waals surface area (Å²) < 4.78 is 6.20. The van der Waals surface area contributed by atoms with Gasteiger partial charge in [-0.25, -0.2) is 0 Å². The molecule has 0 atom stereocenters. The van der Waals surface area contributed by atoms with Crippen molar-refractivity contribution in [3.8, 4) is 5.75 Å². The van der Waals surface area contributed by atoms with Crippen LogP contribution in [0.1, 0.15) is 53.2 Å². The highest BCUT2D eigenvalue weighted by Gasteiger charge is 2.30. The molecule has 0 aromatic heterocycles. The summed E-state index contributed by atoms with van der Waals surface area (Å²) in [4.78, 5) is 43.6. The molecule has 3 aromatic carbocycles. The van der Waals surface area contributed by atoms with E-state index in [1.807, 2.05) is 42.5 Å². The number of carboxylic acids is 1. The predicted octanol–water partition coefficient (Wildman–Crippen LogP) is 5.39. The number of aryl methyl sites for hydroxylation is 1. The number of carbonyl (C=O) groups excluding carboxylic acids is 2. The van der Waals surface area contributed by atoms with E-state index in [4.69, 9.17) is 21.7 Å². The zero-order chi connectivity index (χ0) is 30.5. The van der Waals surface area contributed by atoms with Crippen molar-refractivity contribution in [2.75, 3.05) is 24.5 Å². The van der Waals surface area contributed by atoms with Crippen LogP contribution < -0.4 is 9.64 Å². The molecule has 43 heavy (non-hydrogen) atoms. The van der Waals surface area contributed by atoms with Crippen LogP contribution in [0.4, 0.5) is 5.69 Å². The van der Waals surface area contributed by atoms with Gasteiger partial charge in [-0.15, -0.1) is 0 Å². The molecule has 2 heterocycles. The topological polar surface area (TPSA) is 114 Å². The number of benzene rings is 3. The number of hydrogen-bond donors (Lipinski definition) is 2. The van der Waals surface area contributed by atoms with E-state index in [0.717, 1.165) is 48.4 Å². The van der Waals surface area contributed by atoms with Crippen LogP contribution in [0.25, 0.3) is 0 Å². The largest absolute Gasteiger partial charge is 0.490 e. The molecule has 224 valence electrons. The number of fused-ring (bicyclic) bond motifs is 1. The summed E-state index contributed by atoms with van der Waals surface area (Å²) in [6.45, 7) is 3.84. The van der Waals surface area contributed by atoms with Gasteiger partial charge in [0.1, 0.15) is 18.4 Å². The Bertz CT molecular complexity index is 1500. The standard InChI is InChI=1S/C33H35ClN4O5/c1-22(35)36-16-14-29(15-17-36)43-28-11-3-24(4-12-28)19-38-30-18-23(5-13-32(40)41)2-6-26(30)20-37(21-31(38)39)33(42)25-7-9-27(34)10-8-25/h2-4,6-12,18,29,35H,5,13-17,19-21H2,1H3,(H,40,41). The molecule has 9 nitrogen and oxygen atoms in total. The van der Waals surface area contributed by atoms with Gasteiger partial charge in [-0.05, 0) is 72.5 Å². The third-order valence-electron chi connectivity index (χ3n) is 7.92. The molecule has 0 aliphatic carbocycles. The van der Waals surface area contributed by atoms with Gasteiger partial charge in [-0.2, -0.15) is 0 Å². The SMILES string of the molecule is CC(=N)N1CCC(Oc2ccc(CN3C(=O)CN(C(=O)c4ccc(Cl)cc4)Cc4ccc(CCC(=O)O)cc43)cc2)CC1. The Morgan fingerprint density at radius 1 is 0.953 bits per heavy atom. The molecule has 0 radical (unpaired) electrons.